The summed E-state index contributed by atoms with van der Waals surface area (Å²) in [7, 11) is 3.72. The number of rotatable bonds is 6. The normalized spacial score (nSPS) is 12.5. The van der Waals surface area contributed by atoms with Gasteiger partial charge in [0.05, 0.1) is 6.10 Å². The number of ether oxygens (including phenoxy) is 1. The Morgan fingerprint density at radius 2 is 2.18 bits per heavy atom. The molecule has 0 radical (unpaired) electrons. The Morgan fingerprint density at radius 3 is 2.71 bits per heavy atom. The molecule has 3 nitrogen and oxygen atoms in total. The van der Waals surface area contributed by atoms with E-state index < -0.39 is 6.10 Å². The predicted molar refractivity (Wildman–Crippen MR) is 71.8 cm³/mol. The summed E-state index contributed by atoms with van der Waals surface area (Å²) >= 11 is 6.12. The minimum absolute atomic E-state index is 0.532. The zero-order valence-corrected chi connectivity index (χ0v) is 11.4. The van der Waals surface area contributed by atoms with Gasteiger partial charge in [0.25, 0.3) is 0 Å². The van der Waals surface area contributed by atoms with Crippen molar-refractivity contribution in [3.05, 3.63) is 28.8 Å². The highest BCUT2D eigenvalue weighted by Crippen LogP contribution is 2.27. The van der Waals surface area contributed by atoms with Crippen molar-refractivity contribution in [3.8, 4) is 0 Å². The number of nitrogens with zero attached hydrogens (tertiary/aromatic N) is 1. The van der Waals surface area contributed by atoms with Gasteiger partial charge in [0, 0.05) is 38.0 Å². The van der Waals surface area contributed by atoms with Crippen LogP contribution in [0.25, 0.3) is 0 Å². The molecule has 1 rings (SSSR count). The lowest BCUT2D eigenvalue weighted by Gasteiger charge is -2.20. The first kappa shape index (κ1) is 14.3. The number of aliphatic hydroxyl groups is 1. The molecule has 0 aromatic heterocycles. The van der Waals surface area contributed by atoms with E-state index in [-0.39, 0.29) is 0 Å². The zero-order valence-electron chi connectivity index (χ0n) is 10.6. The van der Waals surface area contributed by atoms with Crippen LogP contribution in [0, 0.1) is 0 Å². The quantitative estimate of drug-likeness (QED) is 0.796. The average molecular weight is 258 g/mol. The van der Waals surface area contributed by atoms with Gasteiger partial charge in [-0.1, -0.05) is 17.7 Å². The molecular formula is C13H20ClNO2. The van der Waals surface area contributed by atoms with Crippen molar-refractivity contribution in [1.82, 2.24) is 0 Å². The molecular weight excluding hydrogens is 238 g/mol. The van der Waals surface area contributed by atoms with Crippen LogP contribution in [0.2, 0.25) is 5.02 Å². The zero-order chi connectivity index (χ0) is 12.8. The van der Waals surface area contributed by atoms with E-state index in [1.54, 1.807) is 14.0 Å². The molecule has 0 aliphatic carbocycles. The minimum atomic E-state index is -0.532. The lowest BCUT2D eigenvalue weighted by Crippen LogP contribution is -2.19. The highest BCUT2D eigenvalue weighted by atomic mass is 35.5. The van der Waals surface area contributed by atoms with Crippen LogP contribution in [0.15, 0.2) is 18.2 Å². The fourth-order valence-corrected chi connectivity index (χ4v) is 2.00. The number of methoxy groups -OCH3 is 1. The SMILES string of the molecule is COCCCN(C)c1ccc(C(C)O)c(Cl)c1. The number of anilines is 1. The van der Waals surface area contributed by atoms with Crippen LogP contribution >= 0.6 is 11.6 Å². The van der Waals surface area contributed by atoms with Gasteiger partial charge in [-0.2, -0.15) is 0 Å². The fourth-order valence-electron chi connectivity index (χ4n) is 1.67. The van der Waals surface area contributed by atoms with E-state index in [9.17, 15) is 5.11 Å². The standard InChI is InChI=1S/C13H20ClNO2/c1-10(16)12-6-5-11(9-13(12)14)15(2)7-4-8-17-3/h5-6,9-10,16H,4,7-8H2,1-3H3. The van der Waals surface area contributed by atoms with Crippen molar-refractivity contribution in [2.24, 2.45) is 0 Å². The van der Waals surface area contributed by atoms with E-state index in [0.717, 1.165) is 30.8 Å². The molecule has 1 aromatic rings. The summed E-state index contributed by atoms with van der Waals surface area (Å²) in [5, 5.41) is 10.1. The Balaban J connectivity index is 2.69. The summed E-state index contributed by atoms with van der Waals surface area (Å²) in [6.45, 7) is 3.38. The molecule has 0 spiro atoms. The molecule has 17 heavy (non-hydrogen) atoms. The van der Waals surface area contributed by atoms with E-state index in [0.29, 0.717) is 5.02 Å². The summed E-state index contributed by atoms with van der Waals surface area (Å²) in [5.41, 5.74) is 1.82. The molecule has 0 amide bonds. The average Bonchev–Trinajstić information content (AvgIpc) is 2.28. The summed E-state index contributed by atoms with van der Waals surface area (Å²) < 4.78 is 5.02. The molecule has 0 fully saturated rings. The van der Waals surface area contributed by atoms with Gasteiger partial charge in [-0.3, -0.25) is 0 Å². The van der Waals surface area contributed by atoms with Gasteiger partial charge in [-0.05, 0) is 31.0 Å². The number of benzene rings is 1. The van der Waals surface area contributed by atoms with Crippen LogP contribution in [0.4, 0.5) is 5.69 Å². The number of halogens is 1. The molecule has 1 unspecified atom stereocenters. The molecule has 0 heterocycles. The van der Waals surface area contributed by atoms with E-state index in [2.05, 4.69) is 4.90 Å². The molecule has 1 aromatic carbocycles. The third kappa shape index (κ3) is 4.19. The van der Waals surface area contributed by atoms with E-state index >= 15 is 0 Å². The number of hydrogen-bond acceptors (Lipinski definition) is 3. The maximum atomic E-state index is 9.49. The largest absolute Gasteiger partial charge is 0.389 e. The number of aliphatic hydroxyl groups excluding tert-OH is 1. The van der Waals surface area contributed by atoms with Gasteiger partial charge in [-0.25, -0.2) is 0 Å². The van der Waals surface area contributed by atoms with Crippen molar-refractivity contribution in [1.29, 1.82) is 0 Å². The molecule has 0 saturated heterocycles. The third-order valence-electron chi connectivity index (χ3n) is 2.72. The fraction of sp³-hybridized carbons (Fsp3) is 0.538. The summed E-state index contributed by atoms with van der Waals surface area (Å²) in [6.07, 6.45) is 0.443. The Labute approximate surface area is 108 Å². The first-order valence-electron chi connectivity index (χ1n) is 5.74. The molecule has 0 aliphatic heterocycles. The van der Waals surface area contributed by atoms with Crippen molar-refractivity contribution < 1.29 is 9.84 Å². The van der Waals surface area contributed by atoms with Gasteiger partial charge < -0.3 is 14.7 Å². The molecule has 0 aliphatic rings. The van der Waals surface area contributed by atoms with Crippen LogP contribution in [-0.2, 0) is 4.74 Å². The molecule has 4 heteroatoms. The van der Waals surface area contributed by atoms with Crippen LogP contribution in [0.3, 0.4) is 0 Å². The van der Waals surface area contributed by atoms with Gasteiger partial charge in [-0.15, -0.1) is 0 Å². The second-order valence-electron chi connectivity index (χ2n) is 4.15. The second-order valence-corrected chi connectivity index (χ2v) is 4.56. The maximum Gasteiger partial charge on any atom is 0.0776 e. The molecule has 1 N–H and O–H groups in total. The van der Waals surface area contributed by atoms with Crippen molar-refractivity contribution >= 4 is 17.3 Å². The minimum Gasteiger partial charge on any atom is -0.389 e. The first-order chi connectivity index (χ1) is 8.06. The van der Waals surface area contributed by atoms with Crippen molar-refractivity contribution in [2.45, 2.75) is 19.4 Å². The van der Waals surface area contributed by atoms with Crippen LogP contribution < -0.4 is 4.90 Å². The van der Waals surface area contributed by atoms with Crippen LogP contribution in [-0.4, -0.2) is 32.4 Å². The lowest BCUT2D eigenvalue weighted by molar-refractivity contribution is 0.196. The van der Waals surface area contributed by atoms with Gasteiger partial charge in [0.15, 0.2) is 0 Å². The highest BCUT2D eigenvalue weighted by Gasteiger charge is 2.08. The molecule has 0 saturated carbocycles. The second kappa shape index (κ2) is 6.84. The summed E-state index contributed by atoms with van der Waals surface area (Å²) in [5.74, 6) is 0. The Bertz CT molecular complexity index is 355. The lowest BCUT2D eigenvalue weighted by atomic mass is 10.1. The molecule has 1 atom stereocenters. The Hall–Kier alpha value is -0.770. The molecule has 96 valence electrons. The Kier molecular flexibility index (Phi) is 5.75. The maximum absolute atomic E-state index is 9.49. The third-order valence-corrected chi connectivity index (χ3v) is 3.04. The van der Waals surface area contributed by atoms with Gasteiger partial charge in [0.1, 0.15) is 0 Å². The smallest absolute Gasteiger partial charge is 0.0776 e. The van der Waals surface area contributed by atoms with Gasteiger partial charge >= 0.3 is 0 Å². The first-order valence-corrected chi connectivity index (χ1v) is 6.11. The van der Waals surface area contributed by atoms with Crippen molar-refractivity contribution in [3.63, 3.8) is 0 Å². The van der Waals surface area contributed by atoms with Crippen LogP contribution in [0.5, 0.6) is 0 Å². The van der Waals surface area contributed by atoms with Crippen molar-refractivity contribution in [2.75, 3.05) is 32.2 Å². The van der Waals surface area contributed by atoms with E-state index in [1.807, 2.05) is 25.2 Å². The highest BCUT2D eigenvalue weighted by molar-refractivity contribution is 6.31. The van der Waals surface area contributed by atoms with E-state index in [1.165, 1.54) is 0 Å². The molecule has 0 bridgehead atoms. The van der Waals surface area contributed by atoms with E-state index in [4.69, 9.17) is 16.3 Å². The number of hydrogen-bond donors (Lipinski definition) is 1. The Morgan fingerprint density at radius 1 is 1.47 bits per heavy atom. The van der Waals surface area contributed by atoms with Crippen LogP contribution in [0.1, 0.15) is 25.0 Å². The summed E-state index contributed by atoms with van der Waals surface area (Å²) in [6, 6.07) is 5.73. The predicted octanol–water partition coefficient (Wildman–Crippen LogP) is 2.87. The van der Waals surface area contributed by atoms with Gasteiger partial charge in [0.2, 0.25) is 0 Å². The monoisotopic (exact) mass is 257 g/mol. The topological polar surface area (TPSA) is 32.7 Å². The summed E-state index contributed by atoms with van der Waals surface area (Å²) in [4.78, 5) is 2.12.